The van der Waals surface area contributed by atoms with E-state index in [2.05, 4.69) is 43.2 Å². The molecule has 2 nitrogen and oxygen atoms in total. The van der Waals surface area contributed by atoms with Gasteiger partial charge in [0, 0.05) is 15.5 Å². The van der Waals surface area contributed by atoms with Crippen molar-refractivity contribution in [1.82, 2.24) is 0 Å². The van der Waals surface area contributed by atoms with Crippen LogP contribution in [-0.4, -0.2) is 6.54 Å². The zero-order valence-corrected chi connectivity index (χ0v) is 10.9. The molecule has 0 bridgehead atoms. The number of halogens is 2. The summed E-state index contributed by atoms with van der Waals surface area (Å²) in [6, 6.07) is 8.06. The highest BCUT2D eigenvalue weighted by Gasteiger charge is 2.05. The average Bonchev–Trinajstić information content (AvgIpc) is 2.16. The molecular formula is C10H10Br2N2. The summed E-state index contributed by atoms with van der Waals surface area (Å²) in [6.07, 6.45) is 0. The molecule has 4 heteroatoms. The van der Waals surface area contributed by atoms with E-state index >= 15 is 0 Å². The van der Waals surface area contributed by atoms with Gasteiger partial charge in [-0.05, 0) is 50.9 Å². The van der Waals surface area contributed by atoms with Gasteiger partial charge in [-0.1, -0.05) is 6.07 Å². The Morgan fingerprint density at radius 1 is 1.43 bits per heavy atom. The molecule has 0 saturated heterocycles. The van der Waals surface area contributed by atoms with Gasteiger partial charge in [-0.2, -0.15) is 5.26 Å². The number of rotatable bonds is 3. The van der Waals surface area contributed by atoms with Gasteiger partial charge in [-0.25, -0.2) is 0 Å². The van der Waals surface area contributed by atoms with Crippen LogP contribution >= 0.6 is 31.9 Å². The second kappa shape index (κ2) is 5.38. The van der Waals surface area contributed by atoms with E-state index in [0.717, 1.165) is 14.6 Å². The van der Waals surface area contributed by atoms with E-state index in [4.69, 9.17) is 5.26 Å². The molecule has 0 spiro atoms. The van der Waals surface area contributed by atoms with Crippen LogP contribution < -0.4 is 5.32 Å². The lowest BCUT2D eigenvalue weighted by atomic mass is 10.2. The number of nitrogens with zero attached hydrogens (tertiary/aromatic N) is 1. The zero-order chi connectivity index (χ0) is 10.6. The van der Waals surface area contributed by atoms with E-state index in [1.807, 2.05) is 25.1 Å². The predicted octanol–water partition coefficient (Wildman–Crippen LogP) is 3.78. The molecule has 0 saturated carbocycles. The summed E-state index contributed by atoms with van der Waals surface area (Å²) >= 11 is 6.89. The fourth-order valence-electron chi connectivity index (χ4n) is 0.967. The molecule has 0 aliphatic heterocycles. The van der Waals surface area contributed by atoms with Crippen molar-refractivity contribution in [3.8, 4) is 6.07 Å². The Morgan fingerprint density at radius 2 is 2.00 bits per heavy atom. The van der Waals surface area contributed by atoms with Crippen LogP contribution in [0.5, 0.6) is 0 Å². The van der Waals surface area contributed by atoms with Gasteiger partial charge in [0.25, 0.3) is 0 Å². The fourth-order valence-corrected chi connectivity index (χ4v) is 2.25. The Bertz CT molecular complexity index is 337. The summed E-state index contributed by atoms with van der Waals surface area (Å²) < 4.78 is 1.99. The summed E-state index contributed by atoms with van der Waals surface area (Å²) in [4.78, 5) is 0. The molecule has 0 amide bonds. The molecule has 0 fully saturated rings. The summed E-state index contributed by atoms with van der Waals surface area (Å²) in [5.74, 6) is 0.00834. The van der Waals surface area contributed by atoms with Crippen LogP contribution in [0.2, 0.25) is 0 Å². The number of hydrogen-bond donors (Lipinski definition) is 1. The second-order valence-electron chi connectivity index (χ2n) is 3.01. The molecule has 1 N–H and O–H groups in total. The molecule has 1 aromatic carbocycles. The van der Waals surface area contributed by atoms with Crippen molar-refractivity contribution < 1.29 is 0 Å². The van der Waals surface area contributed by atoms with E-state index in [1.54, 1.807) is 0 Å². The van der Waals surface area contributed by atoms with Crippen molar-refractivity contribution >= 4 is 37.5 Å². The molecular weight excluding hydrogens is 308 g/mol. The first kappa shape index (κ1) is 11.5. The van der Waals surface area contributed by atoms with Crippen LogP contribution in [0.25, 0.3) is 0 Å². The van der Waals surface area contributed by atoms with Gasteiger partial charge < -0.3 is 5.32 Å². The van der Waals surface area contributed by atoms with Crippen molar-refractivity contribution in [3.63, 3.8) is 0 Å². The lowest BCUT2D eigenvalue weighted by Crippen LogP contribution is -2.10. The first-order valence-corrected chi connectivity index (χ1v) is 5.81. The predicted molar refractivity (Wildman–Crippen MR) is 65.1 cm³/mol. The third-order valence-electron chi connectivity index (χ3n) is 1.77. The number of hydrogen-bond acceptors (Lipinski definition) is 2. The van der Waals surface area contributed by atoms with Crippen LogP contribution in [0.4, 0.5) is 5.69 Å². The molecule has 0 aliphatic carbocycles. The molecule has 0 heterocycles. The molecule has 0 radical (unpaired) electrons. The van der Waals surface area contributed by atoms with Crippen molar-refractivity contribution in [3.05, 3.63) is 27.1 Å². The molecule has 0 aromatic heterocycles. The van der Waals surface area contributed by atoms with Crippen molar-refractivity contribution in [2.75, 3.05) is 11.9 Å². The highest BCUT2D eigenvalue weighted by atomic mass is 79.9. The molecule has 14 heavy (non-hydrogen) atoms. The van der Waals surface area contributed by atoms with Crippen LogP contribution in [0.15, 0.2) is 27.1 Å². The maximum atomic E-state index is 8.64. The fraction of sp³-hybridized carbons (Fsp3) is 0.300. The zero-order valence-electron chi connectivity index (χ0n) is 7.72. The van der Waals surface area contributed by atoms with E-state index in [0.29, 0.717) is 6.54 Å². The number of nitriles is 1. The molecule has 0 aliphatic rings. The summed E-state index contributed by atoms with van der Waals surface area (Å²) in [6.45, 7) is 2.54. The maximum absolute atomic E-state index is 8.64. The standard InChI is InChI=1S/C10H10Br2N2/c1-7(5-13)6-14-10-8(11)3-2-4-9(10)12/h2-4,7,14H,6H2,1H3. The lowest BCUT2D eigenvalue weighted by molar-refractivity contribution is 0.785. The Hall–Kier alpha value is -0.530. The normalized spacial score (nSPS) is 11.9. The molecule has 1 aromatic rings. The van der Waals surface area contributed by atoms with Crippen LogP contribution in [0.1, 0.15) is 6.92 Å². The molecule has 74 valence electrons. The van der Waals surface area contributed by atoms with Crippen LogP contribution in [0.3, 0.4) is 0 Å². The highest BCUT2D eigenvalue weighted by molar-refractivity contribution is 9.11. The Labute approximate surface area is 101 Å². The number of benzene rings is 1. The topological polar surface area (TPSA) is 35.8 Å². The number of nitrogens with one attached hydrogen (secondary N) is 1. The van der Waals surface area contributed by atoms with Gasteiger partial charge in [0.1, 0.15) is 0 Å². The third kappa shape index (κ3) is 3.00. The van der Waals surface area contributed by atoms with Gasteiger partial charge in [0.05, 0.1) is 17.7 Å². The van der Waals surface area contributed by atoms with Gasteiger partial charge in [-0.15, -0.1) is 0 Å². The van der Waals surface area contributed by atoms with E-state index in [-0.39, 0.29) is 5.92 Å². The minimum Gasteiger partial charge on any atom is -0.382 e. The molecule has 1 unspecified atom stereocenters. The summed E-state index contributed by atoms with van der Waals surface area (Å²) in [5, 5.41) is 11.9. The number of anilines is 1. The average molecular weight is 318 g/mol. The van der Waals surface area contributed by atoms with Gasteiger partial charge >= 0.3 is 0 Å². The van der Waals surface area contributed by atoms with E-state index in [9.17, 15) is 0 Å². The van der Waals surface area contributed by atoms with Gasteiger partial charge in [-0.3, -0.25) is 0 Å². The van der Waals surface area contributed by atoms with Crippen LogP contribution in [-0.2, 0) is 0 Å². The smallest absolute Gasteiger partial charge is 0.0671 e. The number of para-hydroxylation sites is 1. The highest BCUT2D eigenvalue weighted by Crippen LogP contribution is 2.30. The first-order valence-electron chi connectivity index (χ1n) is 4.22. The Balaban J connectivity index is 2.72. The minimum absolute atomic E-state index is 0.00834. The van der Waals surface area contributed by atoms with Crippen molar-refractivity contribution in [1.29, 1.82) is 5.26 Å². The first-order chi connectivity index (χ1) is 6.65. The third-order valence-corrected chi connectivity index (χ3v) is 3.09. The maximum Gasteiger partial charge on any atom is 0.0671 e. The summed E-state index contributed by atoms with van der Waals surface area (Å²) in [5.41, 5.74) is 0.995. The van der Waals surface area contributed by atoms with E-state index in [1.165, 1.54) is 0 Å². The van der Waals surface area contributed by atoms with Crippen LogP contribution in [0, 0.1) is 17.2 Å². The Kier molecular flexibility index (Phi) is 4.43. The van der Waals surface area contributed by atoms with Crippen molar-refractivity contribution in [2.45, 2.75) is 6.92 Å². The monoisotopic (exact) mass is 316 g/mol. The van der Waals surface area contributed by atoms with Crippen molar-refractivity contribution in [2.24, 2.45) is 5.92 Å². The summed E-state index contributed by atoms with van der Waals surface area (Å²) in [7, 11) is 0. The Morgan fingerprint density at radius 3 is 2.50 bits per heavy atom. The van der Waals surface area contributed by atoms with Gasteiger partial charge in [0.15, 0.2) is 0 Å². The largest absolute Gasteiger partial charge is 0.382 e. The lowest BCUT2D eigenvalue weighted by Gasteiger charge is -2.11. The minimum atomic E-state index is 0.00834. The molecule has 1 rings (SSSR count). The second-order valence-corrected chi connectivity index (χ2v) is 4.72. The molecule has 1 atom stereocenters. The quantitative estimate of drug-likeness (QED) is 0.920. The SMILES string of the molecule is CC(C#N)CNc1c(Br)cccc1Br. The van der Waals surface area contributed by atoms with Gasteiger partial charge in [0.2, 0.25) is 0 Å². The van der Waals surface area contributed by atoms with E-state index < -0.39 is 0 Å².